The third kappa shape index (κ3) is 1.82. The van der Waals surface area contributed by atoms with Crippen LogP contribution in [0, 0.1) is 6.92 Å². The molecule has 0 aromatic heterocycles. The standard InChI is InChI=1S/C14H18O4/c1-9-7-10(12(15)11(8-9)18-2)14(13(16)17)5-3-4-6-14/h7-8,15H,3-6H2,1-2H3,(H,16,17). The summed E-state index contributed by atoms with van der Waals surface area (Å²) in [7, 11) is 1.47. The maximum absolute atomic E-state index is 11.6. The van der Waals surface area contributed by atoms with Crippen LogP contribution in [0.2, 0.25) is 0 Å². The Bertz CT molecular complexity index is 473. The number of benzene rings is 1. The van der Waals surface area contributed by atoms with Gasteiger partial charge in [0.1, 0.15) is 0 Å². The molecule has 1 aliphatic rings. The smallest absolute Gasteiger partial charge is 0.314 e. The van der Waals surface area contributed by atoms with Gasteiger partial charge in [0.25, 0.3) is 0 Å². The third-order valence-corrected chi connectivity index (χ3v) is 3.82. The number of hydrogen-bond donors (Lipinski definition) is 2. The minimum atomic E-state index is -0.955. The van der Waals surface area contributed by atoms with Gasteiger partial charge in [-0.1, -0.05) is 18.9 Å². The number of carboxylic acids is 1. The summed E-state index contributed by atoms with van der Waals surface area (Å²) in [5, 5.41) is 19.7. The summed E-state index contributed by atoms with van der Waals surface area (Å²) in [6.45, 7) is 1.87. The van der Waals surface area contributed by atoms with Crippen LogP contribution in [0.1, 0.15) is 36.8 Å². The molecule has 98 valence electrons. The molecule has 0 unspecified atom stereocenters. The van der Waals surface area contributed by atoms with Gasteiger partial charge in [-0.2, -0.15) is 0 Å². The first-order chi connectivity index (χ1) is 8.51. The van der Waals surface area contributed by atoms with Crippen LogP contribution in [-0.4, -0.2) is 23.3 Å². The van der Waals surface area contributed by atoms with Crippen molar-refractivity contribution in [2.45, 2.75) is 38.0 Å². The number of aliphatic carboxylic acids is 1. The molecule has 1 saturated carbocycles. The zero-order valence-corrected chi connectivity index (χ0v) is 10.7. The van der Waals surface area contributed by atoms with Crippen LogP contribution in [0.15, 0.2) is 12.1 Å². The van der Waals surface area contributed by atoms with E-state index in [1.807, 2.05) is 6.92 Å². The van der Waals surface area contributed by atoms with Gasteiger partial charge in [-0.25, -0.2) is 0 Å². The van der Waals surface area contributed by atoms with Crippen molar-refractivity contribution in [2.24, 2.45) is 0 Å². The number of aromatic hydroxyl groups is 1. The first kappa shape index (κ1) is 12.7. The van der Waals surface area contributed by atoms with Gasteiger partial charge in [0.05, 0.1) is 12.5 Å². The summed E-state index contributed by atoms with van der Waals surface area (Å²) in [6, 6.07) is 3.47. The molecule has 2 N–H and O–H groups in total. The molecule has 18 heavy (non-hydrogen) atoms. The fraction of sp³-hybridized carbons (Fsp3) is 0.500. The molecule has 0 spiro atoms. The predicted molar refractivity (Wildman–Crippen MR) is 67.2 cm³/mol. The van der Waals surface area contributed by atoms with Gasteiger partial charge in [-0.05, 0) is 31.4 Å². The van der Waals surface area contributed by atoms with Gasteiger partial charge in [0, 0.05) is 5.56 Å². The number of aryl methyl sites for hydroxylation is 1. The lowest BCUT2D eigenvalue weighted by atomic mass is 9.78. The largest absolute Gasteiger partial charge is 0.504 e. The van der Waals surface area contributed by atoms with Crippen LogP contribution in [0.5, 0.6) is 11.5 Å². The minimum absolute atomic E-state index is 0.0348. The van der Waals surface area contributed by atoms with E-state index in [0.717, 1.165) is 18.4 Å². The molecular weight excluding hydrogens is 232 g/mol. The average molecular weight is 250 g/mol. The summed E-state index contributed by atoms with van der Waals surface area (Å²) in [6.07, 6.45) is 2.90. The summed E-state index contributed by atoms with van der Waals surface area (Å²) < 4.78 is 5.11. The Balaban J connectivity index is 2.61. The van der Waals surface area contributed by atoms with Crippen LogP contribution < -0.4 is 4.74 Å². The van der Waals surface area contributed by atoms with Gasteiger partial charge in [-0.3, -0.25) is 4.79 Å². The van der Waals surface area contributed by atoms with Gasteiger partial charge in [-0.15, -0.1) is 0 Å². The van der Waals surface area contributed by atoms with Crippen molar-refractivity contribution in [1.29, 1.82) is 0 Å². The molecule has 0 amide bonds. The Morgan fingerprint density at radius 1 is 1.33 bits per heavy atom. The molecule has 0 aliphatic heterocycles. The van der Waals surface area contributed by atoms with Crippen LogP contribution in [-0.2, 0) is 10.2 Å². The molecule has 4 heteroatoms. The highest BCUT2D eigenvalue weighted by Crippen LogP contribution is 2.47. The molecule has 0 atom stereocenters. The Morgan fingerprint density at radius 2 is 1.94 bits per heavy atom. The van der Waals surface area contributed by atoms with Crippen LogP contribution in [0.4, 0.5) is 0 Å². The zero-order valence-electron chi connectivity index (χ0n) is 10.7. The summed E-state index contributed by atoms with van der Waals surface area (Å²) in [5.74, 6) is -0.548. The lowest BCUT2D eigenvalue weighted by Crippen LogP contribution is -2.32. The molecule has 1 aromatic carbocycles. The fourth-order valence-electron chi connectivity index (χ4n) is 2.84. The van der Waals surface area contributed by atoms with E-state index in [2.05, 4.69) is 0 Å². The Kier molecular flexibility index (Phi) is 3.20. The summed E-state index contributed by atoms with van der Waals surface area (Å²) in [5.41, 5.74) is 0.431. The van der Waals surface area contributed by atoms with E-state index < -0.39 is 11.4 Å². The number of carbonyl (C=O) groups is 1. The first-order valence-electron chi connectivity index (χ1n) is 6.13. The third-order valence-electron chi connectivity index (χ3n) is 3.82. The highest BCUT2D eigenvalue weighted by molar-refractivity contribution is 5.83. The van der Waals surface area contributed by atoms with Crippen molar-refractivity contribution in [3.8, 4) is 11.5 Å². The van der Waals surface area contributed by atoms with Gasteiger partial charge >= 0.3 is 5.97 Å². The molecule has 0 bridgehead atoms. The number of carboxylic acid groups (broad SMARTS) is 1. The highest BCUT2D eigenvalue weighted by Gasteiger charge is 2.45. The van der Waals surface area contributed by atoms with E-state index >= 15 is 0 Å². The first-order valence-corrected chi connectivity index (χ1v) is 6.13. The fourth-order valence-corrected chi connectivity index (χ4v) is 2.84. The number of ether oxygens (including phenoxy) is 1. The maximum atomic E-state index is 11.6. The Morgan fingerprint density at radius 3 is 2.44 bits per heavy atom. The van der Waals surface area contributed by atoms with E-state index in [9.17, 15) is 15.0 Å². The maximum Gasteiger partial charge on any atom is 0.314 e. The summed E-state index contributed by atoms with van der Waals surface area (Å²) in [4.78, 5) is 11.6. The number of phenols is 1. The monoisotopic (exact) mass is 250 g/mol. The van der Waals surface area contributed by atoms with Crippen molar-refractivity contribution >= 4 is 5.97 Å². The number of hydrogen-bond acceptors (Lipinski definition) is 3. The molecule has 0 radical (unpaired) electrons. The molecule has 1 fully saturated rings. The second kappa shape index (κ2) is 4.52. The van der Waals surface area contributed by atoms with E-state index in [-0.39, 0.29) is 5.75 Å². The van der Waals surface area contributed by atoms with Crippen molar-refractivity contribution < 1.29 is 19.7 Å². The SMILES string of the molecule is COc1cc(C)cc(C2(C(=O)O)CCCC2)c1O. The van der Waals surface area contributed by atoms with Crippen LogP contribution in [0.3, 0.4) is 0 Å². The predicted octanol–water partition coefficient (Wildman–Crippen LogP) is 2.61. The molecule has 4 nitrogen and oxygen atoms in total. The zero-order chi connectivity index (χ0) is 13.3. The second-order valence-electron chi connectivity index (χ2n) is 4.96. The van der Waals surface area contributed by atoms with E-state index in [1.54, 1.807) is 12.1 Å². The molecular formula is C14H18O4. The van der Waals surface area contributed by atoms with E-state index in [0.29, 0.717) is 24.2 Å². The molecule has 1 aliphatic carbocycles. The summed E-state index contributed by atoms with van der Waals surface area (Å²) >= 11 is 0. The molecule has 2 rings (SSSR count). The molecule has 0 heterocycles. The molecule has 1 aromatic rings. The quantitative estimate of drug-likeness (QED) is 0.865. The van der Waals surface area contributed by atoms with Crippen molar-refractivity contribution in [1.82, 2.24) is 0 Å². The normalized spacial score (nSPS) is 17.7. The highest BCUT2D eigenvalue weighted by atomic mass is 16.5. The number of methoxy groups -OCH3 is 1. The number of phenolic OH excluding ortho intramolecular Hbond substituents is 1. The van der Waals surface area contributed by atoms with Gasteiger partial charge in [0.2, 0.25) is 0 Å². The minimum Gasteiger partial charge on any atom is -0.504 e. The van der Waals surface area contributed by atoms with Crippen molar-refractivity contribution in [3.63, 3.8) is 0 Å². The van der Waals surface area contributed by atoms with E-state index in [1.165, 1.54) is 7.11 Å². The Labute approximate surface area is 106 Å². The number of rotatable bonds is 3. The molecule has 0 saturated heterocycles. The van der Waals surface area contributed by atoms with Crippen molar-refractivity contribution in [3.05, 3.63) is 23.3 Å². The van der Waals surface area contributed by atoms with Gasteiger partial charge in [0.15, 0.2) is 11.5 Å². The topological polar surface area (TPSA) is 66.8 Å². The second-order valence-corrected chi connectivity index (χ2v) is 4.96. The Hall–Kier alpha value is -1.71. The lowest BCUT2D eigenvalue weighted by molar-refractivity contribution is -0.143. The van der Waals surface area contributed by atoms with Crippen molar-refractivity contribution in [2.75, 3.05) is 7.11 Å². The average Bonchev–Trinajstić information content (AvgIpc) is 2.82. The van der Waals surface area contributed by atoms with E-state index in [4.69, 9.17) is 4.74 Å². The lowest BCUT2D eigenvalue weighted by Gasteiger charge is -2.26. The van der Waals surface area contributed by atoms with Crippen LogP contribution in [0.25, 0.3) is 0 Å². The van der Waals surface area contributed by atoms with Gasteiger partial charge < -0.3 is 14.9 Å². The van der Waals surface area contributed by atoms with Crippen LogP contribution >= 0.6 is 0 Å².